The summed E-state index contributed by atoms with van der Waals surface area (Å²) in [5.41, 5.74) is 0. The lowest BCUT2D eigenvalue weighted by Crippen LogP contribution is -2.26. The van der Waals surface area contributed by atoms with Gasteiger partial charge in [0.15, 0.2) is 0 Å². The lowest BCUT2D eigenvalue weighted by Gasteiger charge is -2.07. The summed E-state index contributed by atoms with van der Waals surface area (Å²) in [4.78, 5) is 10.6. The van der Waals surface area contributed by atoms with Crippen LogP contribution in [0.2, 0.25) is 0 Å². The molecule has 0 bridgehead atoms. The van der Waals surface area contributed by atoms with Crippen LogP contribution in [-0.2, 0) is 9.53 Å². The Morgan fingerprint density at radius 3 is 3.00 bits per heavy atom. The van der Waals surface area contributed by atoms with Crippen molar-refractivity contribution in [1.82, 2.24) is 5.32 Å². The molecule has 0 aromatic carbocycles. The van der Waals surface area contributed by atoms with Gasteiger partial charge in [-0.05, 0) is 13.0 Å². The zero-order valence-electron chi connectivity index (χ0n) is 7.17. The predicted octanol–water partition coefficient (Wildman–Crippen LogP) is 0.343. The summed E-state index contributed by atoms with van der Waals surface area (Å²) in [6.45, 7) is 5.93. The van der Waals surface area contributed by atoms with E-state index in [1.54, 1.807) is 6.92 Å². The third-order valence-electron chi connectivity index (χ3n) is 1.20. The standard InChI is InChI=1S/C8H14N2O2/c1-3-8(11)10-4-5-12-7(2)6-9/h3,6-7,9H,1,4-5H2,2H3,(H,10,11). The van der Waals surface area contributed by atoms with E-state index in [9.17, 15) is 4.79 Å². The van der Waals surface area contributed by atoms with Crippen LogP contribution < -0.4 is 5.32 Å². The lowest BCUT2D eigenvalue weighted by atomic mass is 10.4. The van der Waals surface area contributed by atoms with Gasteiger partial charge in [0, 0.05) is 12.8 Å². The SMILES string of the molecule is C=CC(=O)NCCOC(C)C=N. The van der Waals surface area contributed by atoms with Crippen LogP contribution >= 0.6 is 0 Å². The van der Waals surface area contributed by atoms with E-state index in [0.717, 1.165) is 0 Å². The zero-order chi connectivity index (χ0) is 9.40. The van der Waals surface area contributed by atoms with E-state index in [2.05, 4.69) is 11.9 Å². The number of rotatable bonds is 6. The Kier molecular flexibility index (Phi) is 5.91. The first-order valence-corrected chi connectivity index (χ1v) is 3.73. The van der Waals surface area contributed by atoms with Gasteiger partial charge in [-0.1, -0.05) is 6.58 Å². The molecular weight excluding hydrogens is 156 g/mol. The summed E-state index contributed by atoms with van der Waals surface area (Å²) >= 11 is 0. The normalized spacial score (nSPS) is 11.8. The number of nitrogens with one attached hydrogen (secondary N) is 2. The second-order valence-electron chi connectivity index (χ2n) is 2.24. The predicted molar refractivity (Wildman–Crippen MR) is 47.4 cm³/mol. The van der Waals surface area contributed by atoms with Gasteiger partial charge in [0.05, 0.1) is 12.7 Å². The van der Waals surface area contributed by atoms with E-state index >= 15 is 0 Å². The fraction of sp³-hybridized carbons (Fsp3) is 0.500. The summed E-state index contributed by atoms with van der Waals surface area (Å²) in [7, 11) is 0. The summed E-state index contributed by atoms with van der Waals surface area (Å²) < 4.78 is 5.09. The highest BCUT2D eigenvalue weighted by atomic mass is 16.5. The van der Waals surface area contributed by atoms with Crippen molar-refractivity contribution in [3.63, 3.8) is 0 Å². The van der Waals surface area contributed by atoms with Gasteiger partial charge >= 0.3 is 0 Å². The molecule has 0 saturated heterocycles. The molecule has 12 heavy (non-hydrogen) atoms. The average Bonchev–Trinajstić information content (AvgIpc) is 2.11. The molecule has 0 aromatic heterocycles. The summed E-state index contributed by atoms with van der Waals surface area (Å²) in [5.74, 6) is -0.207. The second-order valence-corrected chi connectivity index (χ2v) is 2.24. The van der Waals surface area contributed by atoms with Crippen molar-refractivity contribution < 1.29 is 9.53 Å². The molecule has 0 spiro atoms. The molecule has 0 heterocycles. The lowest BCUT2D eigenvalue weighted by molar-refractivity contribution is -0.116. The van der Waals surface area contributed by atoms with E-state index in [4.69, 9.17) is 10.1 Å². The maximum absolute atomic E-state index is 10.6. The van der Waals surface area contributed by atoms with Gasteiger partial charge in [0.25, 0.3) is 0 Å². The zero-order valence-corrected chi connectivity index (χ0v) is 7.17. The van der Waals surface area contributed by atoms with E-state index in [1.165, 1.54) is 12.3 Å². The van der Waals surface area contributed by atoms with Crippen molar-refractivity contribution >= 4 is 12.1 Å². The van der Waals surface area contributed by atoms with Crippen LogP contribution in [-0.4, -0.2) is 31.4 Å². The molecule has 0 rings (SSSR count). The number of carbonyl (C=O) groups excluding carboxylic acids is 1. The molecule has 0 aliphatic carbocycles. The molecule has 0 radical (unpaired) electrons. The van der Waals surface area contributed by atoms with Gasteiger partial charge in [-0.15, -0.1) is 0 Å². The van der Waals surface area contributed by atoms with Gasteiger partial charge in [0.2, 0.25) is 5.91 Å². The molecule has 4 nitrogen and oxygen atoms in total. The molecule has 1 amide bonds. The Morgan fingerprint density at radius 2 is 2.50 bits per heavy atom. The van der Waals surface area contributed by atoms with Crippen LogP contribution in [0.15, 0.2) is 12.7 Å². The Morgan fingerprint density at radius 1 is 1.83 bits per heavy atom. The molecule has 0 aliphatic heterocycles. The van der Waals surface area contributed by atoms with Crippen molar-refractivity contribution in [2.75, 3.05) is 13.2 Å². The number of hydrogen-bond donors (Lipinski definition) is 2. The van der Waals surface area contributed by atoms with Crippen molar-refractivity contribution in [1.29, 1.82) is 5.41 Å². The smallest absolute Gasteiger partial charge is 0.243 e. The minimum absolute atomic E-state index is 0.189. The highest BCUT2D eigenvalue weighted by molar-refractivity contribution is 5.86. The largest absolute Gasteiger partial charge is 0.371 e. The molecule has 0 saturated carbocycles. The third kappa shape index (κ3) is 5.61. The van der Waals surface area contributed by atoms with Gasteiger partial charge in [-0.25, -0.2) is 0 Å². The van der Waals surface area contributed by atoms with Crippen LogP contribution in [0.4, 0.5) is 0 Å². The molecule has 0 fully saturated rings. The van der Waals surface area contributed by atoms with Gasteiger partial charge in [-0.3, -0.25) is 4.79 Å². The number of carbonyl (C=O) groups is 1. The van der Waals surface area contributed by atoms with Crippen molar-refractivity contribution in [3.05, 3.63) is 12.7 Å². The van der Waals surface area contributed by atoms with Crippen LogP contribution in [0.1, 0.15) is 6.92 Å². The molecule has 68 valence electrons. The first-order chi connectivity index (χ1) is 5.70. The van der Waals surface area contributed by atoms with Crippen LogP contribution in [0.5, 0.6) is 0 Å². The quantitative estimate of drug-likeness (QED) is 0.343. The Bertz CT molecular complexity index is 168. The van der Waals surface area contributed by atoms with Crippen molar-refractivity contribution in [2.24, 2.45) is 0 Å². The van der Waals surface area contributed by atoms with E-state index in [0.29, 0.717) is 13.2 Å². The molecule has 0 aliphatic rings. The van der Waals surface area contributed by atoms with Crippen LogP contribution in [0.3, 0.4) is 0 Å². The molecule has 1 atom stereocenters. The monoisotopic (exact) mass is 170 g/mol. The van der Waals surface area contributed by atoms with Crippen molar-refractivity contribution in [3.8, 4) is 0 Å². The topological polar surface area (TPSA) is 62.2 Å². The highest BCUT2D eigenvalue weighted by Crippen LogP contribution is 1.83. The van der Waals surface area contributed by atoms with E-state index in [-0.39, 0.29) is 12.0 Å². The molecule has 1 unspecified atom stereocenters. The van der Waals surface area contributed by atoms with Gasteiger partial charge in [-0.2, -0.15) is 0 Å². The molecule has 2 N–H and O–H groups in total. The minimum atomic E-state index is -0.207. The van der Waals surface area contributed by atoms with Gasteiger partial charge in [0.1, 0.15) is 0 Å². The minimum Gasteiger partial charge on any atom is -0.371 e. The third-order valence-corrected chi connectivity index (χ3v) is 1.20. The highest BCUT2D eigenvalue weighted by Gasteiger charge is 1.96. The molecule has 0 aromatic rings. The maximum atomic E-state index is 10.6. The molecule has 4 heteroatoms. The van der Waals surface area contributed by atoms with Crippen LogP contribution in [0.25, 0.3) is 0 Å². The maximum Gasteiger partial charge on any atom is 0.243 e. The van der Waals surface area contributed by atoms with Gasteiger partial charge < -0.3 is 15.5 Å². The van der Waals surface area contributed by atoms with E-state index < -0.39 is 0 Å². The van der Waals surface area contributed by atoms with Crippen molar-refractivity contribution in [2.45, 2.75) is 13.0 Å². The second kappa shape index (κ2) is 6.54. The summed E-state index contributed by atoms with van der Waals surface area (Å²) in [5, 5.41) is 9.37. The fourth-order valence-electron chi connectivity index (χ4n) is 0.539. The van der Waals surface area contributed by atoms with E-state index in [1.807, 2.05) is 0 Å². The summed E-state index contributed by atoms with van der Waals surface area (Å²) in [6, 6.07) is 0. The average molecular weight is 170 g/mol. The summed E-state index contributed by atoms with van der Waals surface area (Å²) in [6.07, 6.45) is 2.22. The fourth-order valence-corrected chi connectivity index (χ4v) is 0.539. The molecular formula is C8H14N2O2. The first kappa shape index (κ1) is 10.8. The first-order valence-electron chi connectivity index (χ1n) is 3.73. The Hall–Kier alpha value is -1.16. The number of amides is 1. The van der Waals surface area contributed by atoms with Crippen LogP contribution in [0, 0.1) is 5.41 Å². The number of hydrogen-bond acceptors (Lipinski definition) is 3. The Balaban J connectivity index is 3.26. The number of ether oxygens (including phenoxy) is 1. The Labute approximate surface area is 72.1 Å².